The van der Waals surface area contributed by atoms with Crippen molar-refractivity contribution in [1.29, 1.82) is 0 Å². The fourth-order valence-corrected chi connectivity index (χ4v) is 5.67. The van der Waals surface area contributed by atoms with Crippen LogP contribution in [0.25, 0.3) is 0 Å². The molecular weight excluding hydrogens is 390 g/mol. The van der Waals surface area contributed by atoms with Crippen molar-refractivity contribution in [2.24, 2.45) is 0 Å². The number of hydrogen-bond acceptors (Lipinski definition) is 0. The Morgan fingerprint density at radius 2 is 1.92 bits per heavy atom. The summed E-state index contributed by atoms with van der Waals surface area (Å²) in [5.74, 6) is 0. The van der Waals surface area contributed by atoms with Gasteiger partial charge in [-0.25, -0.2) is 0 Å². The SMILES string of the molecule is CCCc1ccccc1[SiH](I)I. The highest BCUT2D eigenvalue weighted by molar-refractivity contribution is 14.3. The Labute approximate surface area is 101 Å². The molecule has 1 aromatic rings. The summed E-state index contributed by atoms with van der Waals surface area (Å²) in [6.07, 6.45) is 2.50. The summed E-state index contributed by atoms with van der Waals surface area (Å²) in [6.45, 7) is 2.24. The van der Waals surface area contributed by atoms with Crippen LogP contribution in [0.15, 0.2) is 24.3 Å². The molecule has 0 saturated carbocycles. The second-order valence-electron chi connectivity index (χ2n) is 2.75. The van der Waals surface area contributed by atoms with Gasteiger partial charge in [0.15, 0.2) is 0 Å². The standard InChI is InChI=1S/C9H12I2Si/c1-2-5-8-6-3-4-7-9(8)12(10)11/h3-4,6-7,12H,2,5H2,1H3. The smallest absolute Gasteiger partial charge is 0.103 e. The zero-order valence-corrected chi connectivity index (χ0v) is 12.5. The van der Waals surface area contributed by atoms with Gasteiger partial charge in [0.05, 0.1) is 0 Å². The van der Waals surface area contributed by atoms with E-state index in [4.69, 9.17) is 0 Å². The first-order valence-electron chi connectivity index (χ1n) is 4.11. The quantitative estimate of drug-likeness (QED) is 0.415. The first-order chi connectivity index (χ1) is 5.75. The molecule has 0 aromatic heterocycles. The molecule has 0 radical (unpaired) electrons. The van der Waals surface area contributed by atoms with Crippen LogP contribution in [0.1, 0.15) is 18.9 Å². The van der Waals surface area contributed by atoms with Crippen LogP contribution in [0, 0.1) is 0 Å². The lowest BCUT2D eigenvalue weighted by Crippen LogP contribution is -2.21. The van der Waals surface area contributed by atoms with Crippen LogP contribution in [0.5, 0.6) is 0 Å². The molecule has 0 atom stereocenters. The average molecular weight is 402 g/mol. The van der Waals surface area contributed by atoms with Crippen LogP contribution in [0.2, 0.25) is 0 Å². The van der Waals surface area contributed by atoms with Crippen molar-refractivity contribution in [3.63, 3.8) is 0 Å². The van der Waals surface area contributed by atoms with E-state index < -0.39 is 3.79 Å². The van der Waals surface area contributed by atoms with Gasteiger partial charge in [0, 0.05) is 0 Å². The molecule has 1 aromatic carbocycles. The number of hydrogen-bond donors (Lipinski definition) is 0. The normalized spacial score (nSPS) is 10.7. The van der Waals surface area contributed by atoms with E-state index in [0.717, 1.165) is 0 Å². The average Bonchev–Trinajstić information content (AvgIpc) is 2.05. The van der Waals surface area contributed by atoms with Crippen molar-refractivity contribution in [1.82, 2.24) is 0 Å². The van der Waals surface area contributed by atoms with Gasteiger partial charge in [-0.15, -0.1) is 43.6 Å². The molecule has 0 amide bonds. The van der Waals surface area contributed by atoms with Crippen molar-refractivity contribution < 1.29 is 0 Å². The summed E-state index contributed by atoms with van der Waals surface area (Å²) in [4.78, 5) is 0. The predicted molar refractivity (Wildman–Crippen MR) is 75.3 cm³/mol. The van der Waals surface area contributed by atoms with Crippen LogP contribution >= 0.6 is 43.6 Å². The lowest BCUT2D eigenvalue weighted by molar-refractivity contribution is 0.927. The van der Waals surface area contributed by atoms with Gasteiger partial charge in [0.25, 0.3) is 0 Å². The molecule has 0 saturated heterocycles. The summed E-state index contributed by atoms with van der Waals surface area (Å²) < 4.78 is -0.660. The van der Waals surface area contributed by atoms with Crippen molar-refractivity contribution in [2.45, 2.75) is 19.8 Å². The lowest BCUT2D eigenvalue weighted by atomic mass is 10.1. The largest absolute Gasteiger partial charge is 0.207 e. The lowest BCUT2D eigenvalue weighted by Gasteiger charge is -2.07. The Hall–Kier alpha value is 0.897. The topological polar surface area (TPSA) is 0 Å². The fraction of sp³-hybridized carbons (Fsp3) is 0.333. The van der Waals surface area contributed by atoms with Gasteiger partial charge in [0.2, 0.25) is 3.79 Å². The molecule has 0 fully saturated rings. The number of halogens is 2. The summed E-state index contributed by atoms with van der Waals surface area (Å²) in [5.41, 5.74) is 1.57. The molecule has 66 valence electrons. The van der Waals surface area contributed by atoms with Gasteiger partial charge >= 0.3 is 0 Å². The van der Waals surface area contributed by atoms with Gasteiger partial charge < -0.3 is 0 Å². The fourth-order valence-electron chi connectivity index (χ4n) is 1.24. The van der Waals surface area contributed by atoms with Gasteiger partial charge in [-0.3, -0.25) is 0 Å². The number of aryl methyl sites for hydroxylation is 1. The maximum absolute atomic E-state index is 2.60. The Morgan fingerprint density at radius 3 is 2.50 bits per heavy atom. The van der Waals surface area contributed by atoms with Crippen molar-refractivity contribution in [2.75, 3.05) is 0 Å². The molecule has 12 heavy (non-hydrogen) atoms. The molecule has 0 unspecified atom stereocenters. The van der Waals surface area contributed by atoms with Crippen molar-refractivity contribution >= 4 is 52.6 Å². The molecule has 0 nitrogen and oxygen atoms in total. The highest BCUT2D eigenvalue weighted by Crippen LogP contribution is 2.09. The Morgan fingerprint density at radius 1 is 1.25 bits per heavy atom. The second-order valence-corrected chi connectivity index (χ2v) is 18.6. The Kier molecular flexibility index (Phi) is 5.11. The molecule has 0 aliphatic rings. The number of benzene rings is 1. The van der Waals surface area contributed by atoms with Crippen molar-refractivity contribution in [3.8, 4) is 0 Å². The van der Waals surface area contributed by atoms with Crippen LogP contribution in [0.3, 0.4) is 0 Å². The zero-order valence-electron chi connectivity index (χ0n) is 7.06. The van der Waals surface area contributed by atoms with Crippen LogP contribution in [0.4, 0.5) is 0 Å². The van der Waals surface area contributed by atoms with E-state index in [-0.39, 0.29) is 0 Å². The van der Waals surface area contributed by atoms with E-state index in [9.17, 15) is 0 Å². The number of rotatable bonds is 3. The monoisotopic (exact) mass is 402 g/mol. The van der Waals surface area contributed by atoms with Gasteiger partial charge in [0.1, 0.15) is 0 Å². The zero-order chi connectivity index (χ0) is 8.97. The summed E-state index contributed by atoms with van der Waals surface area (Å²) in [6, 6.07) is 8.88. The van der Waals surface area contributed by atoms with E-state index in [1.807, 2.05) is 0 Å². The second kappa shape index (κ2) is 5.59. The minimum atomic E-state index is -0.660. The van der Waals surface area contributed by atoms with Crippen LogP contribution < -0.4 is 5.19 Å². The van der Waals surface area contributed by atoms with Crippen LogP contribution in [-0.2, 0) is 6.42 Å². The highest BCUT2D eigenvalue weighted by Gasteiger charge is 2.08. The van der Waals surface area contributed by atoms with E-state index in [1.54, 1.807) is 10.8 Å². The summed E-state index contributed by atoms with van der Waals surface area (Å²) in [7, 11) is 0. The van der Waals surface area contributed by atoms with E-state index in [2.05, 4.69) is 74.8 Å². The molecule has 3 heteroatoms. The molecule has 0 aliphatic heterocycles. The molecule has 0 aliphatic carbocycles. The molecule has 0 N–H and O–H groups in total. The first-order valence-corrected chi connectivity index (χ1v) is 13.0. The van der Waals surface area contributed by atoms with Crippen LogP contribution in [-0.4, -0.2) is 3.79 Å². The Balaban J connectivity index is 2.92. The molecule has 0 spiro atoms. The third kappa shape index (κ3) is 2.99. The maximum Gasteiger partial charge on any atom is 0.207 e. The summed E-state index contributed by atoms with van der Waals surface area (Å²) in [5, 5.41) is 1.63. The van der Waals surface area contributed by atoms with E-state index in [1.165, 1.54) is 12.8 Å². The first kappa shape index (κ1) is 11.0. The third-order valence-corrected chi connectivity index (χ3v) is 6.87. The third-order valence-electron chi connectivity index (χ3n) is 1.81. The minimum Gasteiger partial charge on any atom is -0.103 e. The molecule has 0 bridgehead atoms. The molecule has 1 rings (SSSR count). The maximum atomic E-state index is 2.60. The molecular formula is C9H12I2Si. The Bertz CT molecular complexity index is 248. The van der Waals surface area contributed by atoms with Gasteiger partial charge in [-0.1, -0.05) is 37.6 Å². The van der Waals surface area contributed by atoms with Gasteiger partial charge in [-0.05, 0) is 17.2 Å². The predicted octanol–water partition coefficient (Wildman–Crippen LogP) is 2.94. The molecule has 0 heterocycles. The van der Waals surface area contributed by atoms with Gasteiger partial charge in [-0.2, -0.15) is 0 Å². The minimum absolute atomic E-state index is 0.660. The van der Waals surface area contributed by atoms with E-state index in [0.29, 0.717) is 0 Å². The van der Waals surface area contributed by atoms with E-state index >= 15 is 0 Å². The van der Waals surface area contributed by atoms with Crippen molar-refractivity contribution in [3.05, 3.63) is 29.8 Å². The summed E-state index contributed by atoms with van der Waals surface area (Å²) >= 11 is 5.20. The highest BCUT2D eigenvalue weighted by atomic mass is 127.